The highest BCUT2D eigenvalue weighted by atomic mass is 33.1. The highest BCUT2D eigenvalue weighted by Gasteiger charge is 2.18. The number of rotatable bonds is 17. The van der Waals surface area contributed by atoms with E-state index in [1.54, 1.807) is 39.8 Å². The summed E-state index contributed by atoms with van der Waals surface area (Å²) < 4.78 is 17.4. The Bertz CT molecular complexity index is 894. The molecule has 0 fully saturated rings. The zero-order valence-corrected chi connectivity index (χ0v) is 25.5. The van der Waals surface area contributed by atoms with E-state index in [2.05, 4.69) is 62.4 Å². The van der Waals surface area contributed by atoms with Gasteiger partial charge in [0.2, 0.25) is 5.91 Å². The van der Waals surface area contributed by atoms with Crippen molar-refractivity contribution in [3.8, 4) is 17.6 Å². The van der Waals surface area contributed by atoms with Crippen molar-refractivity contribution >= 4 is 33.4 Å². The normalized spacial score (nSPS) is 12.1. The van der Waals surface area contributed by atoms with E-state index in [4.69, 9.17) is 14.2 Å². The molecule has 38 heavy (non-hydrogen) atoms. The van der Waals surface area contributed by atoms with Crippen LogP contribution in [0.5, 0.6) is 5.75 Å². The van der Waals surface area contributed by atoms with E-state index in [0.717, 1.165) is 0 Å². The number of hydrogen-bond acceptors (Lipinski definition) is 8. The van der Waals surface area contributed by atoms with Gasteiger partial charge in [0.1, 0.15) is 24.4 Å². The SMILES string of the molecule is CC(C)C#CCNC(=O)COCCO[C@@H](COc1cccc(C(=O)NCCNC(C)C)c1)SSC(C)(C)C. The number of amides is 2. The summed E-state index contributed by atoms with van der Waals surface area (Å²) in [7, 11) is 3.29. The van der Waals surface area contributed by atoms with E-state index in [-0.39, 0.29) is 41.1 Å². The third-order valence-electron chi connectivity index (χ3n) is 4.38. The van der Waals surface area contributed by atoms with Gasteiger partial charge in [-0.1, -0.05) is 88.0 Å². The maximum absolute atomic E-state index is 12.5. The second-order valence-electron chi connectivity index (χ2n) is 10.1. The second-order valence-corrected chi connectivity index (χ2v) is 13.3. The van der Waals surface area contributed by atoms with Crippen molar-refractivity contribution in [3.05, 3.63) is 29.8 Å². The molecule has 0 aliphatic carbocycles. The fraction of sp³-hybridized carbons (Fsp3) is 0.643. The van der Waals surface area contributed by atoms with E-state index in [9.17, 15) is 9.59 Å². The topological polar surface area (TPSA) is 97.9 Å². The molecular weight excluding hydrogens is 522 g/mol. The van der Waals surface area contributed by atoms with Gasteiger partial charge in [0.15, 0.2) is 0 Å². The van der Waals surface area contributed by atoms with Crippen LogP contribution in [-0.4, -0.2) is 74.1 Å². The summed E-state index contributed by atoms with van der Waals surface area (Å²) >= 11 is 0. The van der Waals surface area contributed by atoms with Gasteiger partial charge in [-0.25, -0.2) is 0 Å². The Morgan fingerprint density at radius 3 is 2.50 bits per heavy atom. The summed E-state index contributed by atoms with van der Waals surface area (Å²) in [5.41, 5.74) is 0.283. The molecule has 0 aliphatic rings. The van der Waals surface area contributed by atoms with Gasteiger partial charge in [0.05, 0.1) is 19.8 Å². The van der Waals surface area contributed by atoms with Crippen LogP contribution >= 0.6 is 21.6 Å². The van der Waals surface area contributed by atoms with Gasteiger partial charge in [-0.2, -0.15) is 0 Å². The van der Waals surface area contributed by atoms with Crippen molar-refractivity contribution in [2.24, 2.45) is 5.92 Å². The third-order valence-corrected chi connectivity index (χ3v) is 7.90. The van der Waals surface area contributed by atoms with E-state index >= 15 is 0 Å². The molecule has 0 heterocycles. The van der Waals surface area contributed by atoms with Crippen molar-refractivity contribution in [1.29, 1.82) is 0 Å². The molecule has 0 bridgehead atoms. The van der Waals surface area contributed by atoms with Crippen molar-refractivity contribution in [2.75, 3.05) is 46.1 Å². The molecule has 1 aromatic carbocycles. The molecule has 10 heteroatoms. The third kappa shape index (κ3) is 18.4. The maximum atomic E-state index is 12.5. The molecule has 3 N–H and O–H groups in total. The van der Waals surface area contributed by atoms with Crippen LogP contribution in [0.2, 0.25) is 0 Å². The predicted molar refractivity (Wildman–Crippen MR) is 159 cm³/mol. The van der Waals surface area contributed by atoms with E-state index in [1.807, 2.05) is 19.9 Å². The van der Waals surface area contributed by atoms with Crippen molar-refractivity contribution in [3.63, 3.8) is 0 Å². The zero-order chi connectivity index (χ0) is 28.4. The minimum absolute atomic E-state index is 0.0415. The van der Waals surface area contributed by atoms with Gasteiger partial charge in [-0.05, 0) is 18.2 Å². The van der Waals surface area contributed by atoms with Crippen LogP contribution in [0.25, 0.3) is 0 Å². The van der Waals surface area contributed by atoms with Crippen LogP contribution in [0.15, 0.2) is 24.3 Å². The van der Waals surface area contributed by atoms with Gasteiger partial charge in [0.25, 0.3) is 5.91 Å². The zero-order valence-electron chi connectivity index (χ0n) is 23.8. The number of nitrogens with one attached hydrogen (secondary N) is 3. The molecular formula is C28H45N3O5S2. The van der Waals surface area contributed by atoms with E-state index in [0.29, 0.717) is 50.2 Å². The molecule has 214 valence electrons. The molecule has 0 aliphatic heterocycles. The van der Waals surface area contributed by atoms with Crippen LogP contribution in [0.4, 0.5) is 0 Å². The summed E-state index contributed by atoms with van der Waals surface area (Å²) in [6.07, 6.45) is 0. The first kappa shape index (κ1) is 34.1. The molecule has 8 nitrogen and oxygen atoms in total. The molecule has 0 saturated carbocycles. The molecule has 0 radical (unpaired) electrons. The van der Waals surface area contributed by atoms with Crippen LogP contribution in [0.1, 0.15) is 58.8 Å². The molecule has 0 saturated heterocycles. The summed E-state index contributed by atoms with van der Waals surface area (Å²) in [4.78, 5) is 24.3. The van der Waals surface area contributed by atoms with Crippen LogP contribution < -0.4 is 20.7 Å². The lowest BCUT2D eigenvalue weighted by Crippen LogP contribution is -2.34. The molecule has 1 rings (SSSR count). The lowest BCUT2D eigenvalue weighted by molar-refractivity contribution is -0.126. The lowest BCUT2D eigenvalue weighted by atomic mass is 10.2. The summed E-state index contributed by atoms with van der Waals surface area (Å²) in [5, 5.41) is 8.89. The largest absolute Gasteiger partial charge is 0.490 e. The summed E-state index contributed by atoms with van der Waals surface area (Å²) in [6.45, 7) is 17.0. The second kappa shape index (κ2) is 19.2. The van der Waals surface area contributed by atoms with E-state index < -0.39 is 0 Å². The molecule has 1 atom stereocenters. The fourth-order valence-corrected chi connectivity index (χ4v) is 4.88. The Labute approximate surface area is 236 Å². The standard InChI is InChI=1S/C28H45N3O5S2/c1-21(2)10-9-13-30-25(32)19-34-16-17-35-26(37-38-28(5,6)7)20-36-24-12-8-11-23(18-24)27(33)31-15-14-29-22(3)4/h8,11-12,18,21-22,26,29H,13-17,19-20H2,1-7H3,(H,30,32)(H,31,33)/t26-/m1/s1. The van der Waals surface area contributed by atoms with Gasteiger partial charge >= 0.3 is 0 Å². The first-order valence-corrected chi connectivity index (χ1v) is 15.2. The van der Waals surface area contributed by atoms with Crippen LogP contribution in [0.3, 0.4) is 0 Å². The summed E-state index contributed by atoms with van der Waals surface area (Å²) in [5.74, 6) is 6.43. The Balaban J connectivity index is 2.50. The highest BCUT2D eigenvalue weighted by molar-refractivity contribution is 8.77. The number of benzene rings is 1. The Morgan fingerprint density at radius 2 is 1.82 bits per heavy atom. The molecule has 0 aromatic heterocycles. The molecule has 2 amide bonds. The minimum Gasteiger partial charge on any atom is -0.490 e. The Kier molecular flexibility index (Phi) is 17.2. The van der Waals surface area contributed by atoms with Crippen molar-refractivity contribution in [2.45, 2.75) is 64.7 Å². The van der Waals surface area contributed by atoms with Gasteiger partial charge in [-0.15, -0.1) is 0 Å². The molecule has 0 spiro atoms. The van der Waals surface area contributed by atoms with Gasteiger partial charge in [-0.3, -0.25) is 9.59 Å². The van der Waals surface area contributed by atoms with Gasteiger partial charge < -0.3 is 30.2 Å². The maximum Gasteiger partial charge on any atom is 0.251 e. The first-order chi connectivity index (χ1) is 18.0. The number of carbonyl (C=O) groups is 2. The average molecular weight is 568 g/mol. The molecule has 1 aromatic rings. The van der Waals surface area contributed by atoms with Crippen LogP contribution in [0, 0.1) is 17.8 Å². The smallest absolute Gasteiger partial charge is 0.251 e. The quantitative estimate of drug-likeness (QED) is 0.112. The monoisotopic (exact) mass is 567 g/mol. The number of carbonyl (C=O) groups excluding carboxylic acids is 2. The van der Waals surface area contributed by atoms with E-state index in [1.165, 1.54) is 0 Å². The van der Waals surface area contributed by atoms with Gasteiger partial charge in [0, 0.05) is 35.4 Å². The summed E-state index contributed by atoms with van der Waals surface area (Å²) in [6, 6.07) is 7.50. The lowest BCUT2D eigenvalue weighted by Gasteiger charge is -2.22. The van der Waals surface area contributed by atoms with Crippen molar-refractivity contribution < 1.29 is 23.8 Å². The molecule has 0 unspecified atom stereocenters. The first-order valence-electron chi connectivity index (χ1n) is 13.0. The number of ether oxygens (including phenoxy) is 3. The average Bonchev–Trinajstić information content (AvgIpc) is 2.84. The van der Waals surface area contributed by atoms with Crippen molar-refractivity contribution in [1.82, 2.24) is 16.0 Å². The Morgan fingerprint density at radius 1 is 1.05 bits per heavy atom. The van der Waals surface area contributed by atoms with Crippen LogP contribution in [-0.2, 0) is 14.3 Å². The highest BCUT2D eigenvalue weighted by Crippen LogP contribution is 2.38. The number of hydrogen-bond donors (Lipinski definition) is 3. The Hall–Kier alpha value is -1.90. The predicted octanol–water partition coefficient (Wildman–Crippen LogP) is 4.11. The fourth-order valence-electron chi connectivity index (χ4n) is 2.68. The minimum atomic E-state index is -0.262.